The van der Waals surface area contributed by atoms with Gasteiger partial charge in [-0.3, -0.25) is 0 Å². The summed E-state index contributed by atoms with van der Waals surface area (Å²) in [6, 6.07) is 0. The van der Waals surface area contributed by atoms with Crippen molar-refractivity contribution in [2.45, 2.75) is 12.4 Å². The van der Waals surface area contributed by atoms with Crippen LogP contribution in [0.15, 0.2) is 11.8 Å². The van der Waals surface area contributed by atoms with Crippen LogP contribution in [-0.2, 0) is 7.87 Å². The number of rotatable bonds is 2. The normalized spacial score (nSPS) is 14.1. The molecule has 79 valence electrons. The summed E-state index contributed by atoms with van der Waals surface area (Å²) in [5.41, 5.74) is 0. The van der Waals surface area contributed by atoms with E-state index in [1.165, 1.54) is 0 Å². The van der Waals surface area contributed by atoms with Gasteiger partial charge in [0.1, 0.15) is 0 Å². The van der Waals surface area contributed by atoms with E-state index in [1.807, 2.05) is 0 Å². The third-order valence-corrected chi connectivity index (χ3v) is 1.56. The van der Waals surface area contributed by atoms with Gasteiger partial charge in [-0.1, -0.05) is 0 Å². The number of carbonyl (C=O) groups excluding carboxylic acids is 1. The van der Waals surface area contributed by atoms with E-state index < -0.39 is 30.0 Å². The molecule has 0 aromatic heterocycles. The molecular weight excluding hydrogens is 325 g/mol. The van der Waals surface area contributed by atoms with Crippen molar-refractivity contribution < 1.29 is 34.2 Å². The van der Waals surface area contributed by atoms with E-state index >= 15 is 0 Å². The van der Waals surface area contributed by atoms with Gasteiger partial charge in [0.05, 0.1) is 0 Å². The second-order valence-corrected chi connectivity index (χ2v) is 2.55. The zero-order valence-electron chi connectivity index (χ0n) is 6.16. The second-order valence-electron chi connectivity index (χ2n) is 1.97. The zero-order valence-corrected chi connectivity index (χ0v) is 9.02. The Bertz CT molecular complexity index is 252. The molecule has 0 fully saturated rings. The summed E-state index contributed by atoms with van der Waals surface area (Å²) in [7, 11) is 0. The van der Waals surface area contributed by atoms with Crippen molar-refractivity contribution >= 4 is 28.7 Å². The molecule has 0 aliphatic rings. The molecule has 0 N–H and O–H groups in total. The molecule has 0 bridgehead atoms. The summed E-state index contributed by atoms with van der Waals surface area (Å²) >= 11 is -0.118. The molecule has 2 nitrogen and oxygen atoms in total. The van der Waals surface area contributed by atoms with Crippen molar-refractivity contribution in [2.75, 3.05) is 0 Å². The minimum absolute atomic E-state index is 0.118. The summed E-state index contributed by atoms with van der Waals surface area (Å²) in [6.45, 7) is 0. The monoisotopic (exact) mass is 327 g/mol. The first kappa shape index (κ1) is 13.6. The number of ketones is 1. The molecule has 0 aromatic carbocycles. The van der Waals surface area contributed by atoms with Crippen molar-refractivity contribution in [1.82, 2.24) is 0 Å². The van der Waals surface area contributed by atoms with Gasteiger partial charge in [-0.15, -0.1) is 0 Å². The van der Waals surface area contributed by atoms with Crippen molar-refractivity contribution in [3.05, 3.63) is 11.8 Å². The Hall–Kier alpha value is -0.411. The first-order valence-electron chi connectivity index (χ1n) is 2.82. The van der Waals surface area contributed by atoms with Gasteiger partial charge in [0.25, 0.3) is 0 Å². The topological polar surface area (TPSA) is 26.3 Å². The summed E-state index contributed by atoms with van der Waals surface area (Å²) in [4.78, 5) is 10.1. The first-order valence-corrected chi connectivity index (χ1v) is 3.99. The third kappa shape index (κ3) is 4.20. The average molecular weight is 326 g/mol. The van der Waals surface area contributed by atoms with Crippen LogP contribution < -0.4 is 0 Å². The van der Waals surface area contributed by atoms with Crippen LogP contribution in [0.3, 0.4) is 0 Å². The minimum atomic E-state index is -5.33. The quantitative estimate of drug-likeness (QED) is 0.334. The van der Waals surface area contributed by atoms with Crippen LogP contribution in [0.5, 0.6) is 0 Å². The van der Waals surface area contributed by atoms with Crippen molar-refractivity contribution in [3.8, 4) is 0 Å². The van der Waals surface area contributed by atoms with Gasteiger partial charge < -0.3 is 0 Å². The molecule has 0 atom stereocenters. The van der Waals surface area contributed by atoms with Crippen molar-refractivity contribution in [2.24, 2.45) is 0 Å². The van der Waals surface area contributed by atoms with E-state index in [2.05, 4.69) is 3.07 Å². The molecule has 0 saturated carbocycles. The van der Waals surface area contributed by atoms with Gasteiger partial charge in [-0.05, 0) is 0 Å². The Labute approximate surface area is 87.5 Å². The summed E-state index contributed by atoms with van der Waals surface area (Å²) < 4.78 is 73.6. The molecule has 9 heteroatoms. The maximum absolute atomic E-state index is 11.8. The number of hydrogen-bond acceptors (Lipinski definition) is 2. The predicted octanol–water partition coefficient (Wildman–Crippen LogP) is 1.66. The number of halogens is 6. The van der Waals surface area contributed by atoms with Gasteiger partial charge in [0.15, 0.2) is 0 Å². The molecule has 14 heavy (non-hydrogen) atoms. The summed E-state index contributed by atoms with van der Waals surface area (Å²) in [5, 5.41) is 0. The fourth-order valence-electron chi connectivity index (χ4n) is 0.370. The fraction of sp³-hybridized carbons (Fsp3) is 0.400. The Morgan fingerprint density at radius 1 is 1.07 bits per heavy atom. The third-order valence-electron chi connectivity index (χ3n) is 0.931. The molecule has 3 radical (unpaired) electrons. The molecule has 0 aliphatic heterocycles. The van der Waals surface area contributed by atoms with Crippen LogP contribution in [0.2, 0.25) is 0 Å². The number of alkyl halides is 6. The van der Waals surface area contributed by atoms with Crippen molar-refractivity contribution in [3.63, 3.8) is 0 Å². The van der Waals surface area contributed by atoms with Gasteiger partial charge in [0, 0.05) is 0 Å². The van der Waals surface area contributed by atoms with Crippen LogP contribution in [0, 0.1) is 0 Å². The van der Waals surface area contributed by atoms with E-state index in [9.17, 15) is 31.1 Å². The average Bonchev–Trinajstić information content (AvgIpc) is 1.95. The molecule has 0 aromatic rings. The van der Waals surface area contributed by atoms with Gasteiger partial charge in [-0.2, -0.15) is 0 Å². The van der Waals surface area contributed by atoms with Gasteiger partial charge in [-0.25, -0.2) is 0 Å². The Morgan fingerprint density at radius 2 is 1.50 bits per heavy atom. The molecule has 0 unspecified atom stereocenters. The Kier molecular flexibility index (Phi) is 4.28. The second kappa shape index (κ2) is 4.41. The molecule has 0 spiro atoms. The fourth-order valence-corrected chi connectivity index (χ4v) is 0.869. The zero-order chi connectivity index (χ0) is 11.6. The number of carbonyl (C=O) groups is 1. The molecule has 0 heterocycles. The van der Waals surface area contributed by atoms with E-state index in [0.29, 0.717) is 0 Å². The predicted molar refractivity (Wildman–Crippen MR) is 32.0 cm³/mol. The van der Waals surface area contributed by atoms with Crippen molar-refractivity contribution in [1.29, 1.82) is 0 Å². The van der Waals surface area contributed by atoms with E-state index in [4.69, 9.17) is 0 Å². The van der Waals surface area contributed by atoms with Crippen LogP contribution in [0.1, 0.15) is 0 Å². The van der Waals surface area contributed by atoms with E-state index in [0.717, 1.165) is 0 Å². The summed E-state index contributed by atoms with van der Waals surface area (Å²) in [6.07, 6.45) is -11.0. The van der Waals surface area contributed by atoms with Gasteiger partial charge >= 0.3 is 87.1 Å². The Balaban J connectivity index is 4.89. The van der Waals surface area contributed by atoms with Crippen LogP contribution in [0.4, 0.5) is 26.3 Å². The molecule has 0 rings (SSSR count). The van der Waals surface area contributed by atoms with Gasteiger partial charge in [0.2, 0.25) is 0 Å². The molecule has 0 saturated heterocycles. The summed E-state index contributed by atoms with van der Waals surface area (Å²) in [5.74, 6) is -4.55. The maximum atomic E-state index is 11.8. The van der Waals surface area contributed by atoms with Crippen LogP contribution in [-0.4, -0.2) is 41.1 Å². The van der Waals surface area contributed by atoms with E-state index in [-0.39, 0.29) is 22.9 Å². The SMILES string of the molecule is O=C(/C=C(\[O][Sn])C(F)(F)F)C(F)(F)F. The van der Waals surface area contributed by atoms with Crippen LogP contribution >= 0.6 is 0 Å². The van der Waals surface area contributed by atoms with E-state index in [1.54, 1.807) is 0 Å². The Morgan fingerprint density at radius 3 is 1.71 bits per heavy atom. The van der Waals surface area contributed by atoms with Crippen LogP contribution in [0.25, 0.3) is 0 Å². The molecule has 0 amide bonds. The number of hydrogen-bond donors (Lipinski definition) is 0. The number of allylic oxidation sites excluding steroid dienone is 2. The molecular formula is C5HF6O2Sn. The first-order chi connectivity index (χ1) is 6.09. The molecule has 0 aliphatic carbocycles. The standard InChI is InChI=1S/C5H2F6O2.Sn/c6-4(7,8)2(12)1-3(13)5(9,10)11;/h1,12H;/q;+1/p-1/b2-1-;.